The van der Waals surface area contributed by atoms with Crippen molar-refractivity contribution in [2.75, 3.05) is 11.9 Å². The summed E-state index contributed by atoms with van der Waals surface area (Å²) in [6, 6.07) is 25.7. The molecule has 0 saturated carbocycles. The lowest BCUT2D eigenvalue weighted by atomic mass is 10.0. The molecule has 0 aliphatic heterocycles. The van der Waals surface area contributed by atoms with Gasteiger partial charge in [0.15, 0.2) is 0 Å². The molecule has 0 unspecified atom stereocenters. The average Bonchev–Trinajstić information content (AvgIpc) is 2.96. The molecule has 4 aromatic carbocycles. The monoisotopic (exact) mass is 553 g/mol. The predicted molar refractivity (Wildman–Crippen MR) is 160 cm³/mol. The molecular formula is C33H35N3O5. The third-order valence-electron chi connectivity index (χ3n) is 6.57. The third kappa shape index (κ3) is 8.16. The van der Waals surface area contributed by atoms with Gasteiger partial charge in [-0.2, -0.15) is 0 Å². The van der Waals surface area contributed by atoms with Crippen molar-refractivity contribution in [3.8, 4) is 5.75 Å². The summed E-state index contributed by atoms with van der Waals surface area (Å²) >= 11 is 0. The van der Waals surface area contributed by atoms with Gasteiger partial charge in [0, 0.05) is 12.0 Å². The van der Waals surface area contributed by atoms with Crippen LogP contribution in [0.2, 0.25) is 0 Å². The van der Waals surface area contributed by atoms with Crippen LogP contribution in [0.3, 0.4) is 0 Å². The van der Waals surface area contributed by atoms with Crippen LogP contribution in [0.15, 0.2) is 91.0 Å². The molecule has 41 heavy (non-hydrogen) atoms. The summed E-state index contributed by atoms with van der Waals surface area (Å²) in [6.45, 7) is 4.31. The standard InChI is InChI=1S/C33H35N3O5/c1-21(2)20-41-30-19-26(14-15-28(30)35-32(38)27(34)17-22-8-4-3-5-9-22)31(37)36-29(33(39)40)18-23-12-13-24-10-6-7-11-25(24)16-23/h3-16,19,21,27,29H,17-18,20,34H2,1-2H3,(H,35,38)(H,36,37)(H,39,40)/t27-,29-/m0/s1. The normalized spacial score (nSPS) is 12.5. The van der Waals surface area contributed by atoms with E-state index >= 15 is 0 Å². The molecule has 0 aliphatic rings. The fraction of sp³-hybridized carbons (Fsp3) is 0.242. The minimum atomic E-state index is -1.14. The number of amides is 2. The minimum Gasteiger partial charge on any atom is -0.491 e. The molecule has 0 radical (unpaired) electrons. The van der Waals surface area contributed by atoms with E-state index < -0.39 is 24.0 Å². The van der Waals surface area contributed by atoms with E-state index in [1.54, 1.807) is 6.07 Å². The van der Waals surface area contributed by atoms with Crippen LogP contribution in [0.1, 0.15) is 35.3 Å². The maximum absolute atomic E-state index is 13.2. The number of carbonyl (C=O) groups is 3. The van der Waals surface area contributed by atoms with Crippen LogP contribution < -0.4 is 21.1 Å². The highest BCUT2D eigenvalue weighted by molar-refractivity contribution is 6.00. The number of hydrogen-bond donors (Lipinski definition) is 4. The molecule has 4 aromatic rings. The van der Waals surface area contributed by atoms with Crippen LogP contribution in [0.4, 0.5) is 5.69 Å². The first-order valence-electron chi connectivity index (χ1n) is 13.6. The van der Waals surface area contributed by atoms with Crippen LogP contribution >= 0.6 is 0 Å². The number of carboxylic acids is 1. The van der Waals surface area contributed by atoms with E-state index in [9.17, 15) is 19.5 Å². The summed E-state index contributed by atoms with van der Waals surface area (Å²) in [5.41, 5.74) is 8.47. The first-order chi connectivity index (χ1) is 19.7. The van der Waals surface area contributed by atoms with Crippen LogP contribution in [-0.4, -0.2) is 41.6 Å². The smallest absolute Gasteiger partial charge is 0.326 e. The number of benzene rings is 4. The van der Waals surface area contributed by atoms with Gasteiger partial charge in [0.2, 0.25) is 5.91 Å². The molecule has 2 atom stereocenters. The Labute approximate surface area is 239 Å². The molecule has 0 heterocycles. The van der Waals surface area contributed by atoms with Crippen molar-refractivity contribution in [3.63, 3.8) is 0 Å². The second-order valence-electron chi connectivity index (χ2n) is 10.5. The van der Waals surface area contributed by atoms with Crippen LogP contribution in [0.5, 0.6) is 5.75 Å². The minimum absolute atomic E-state index is 0.121. The summed E-state index contributed by atoms with van der Waals surface area (Å²) in [6.07, 6.45) is 0.485. The predicted octanol–water partition coefficient (Wildman–Crippen LogP) is 4.81. The lowest BCUT2D eigenvalue weighted by Crippen LogP contribution is -2.42. The van der Waals surface area contributed by atoms with Crippen molar-refractivity contribution in [1.82, 2.24) is 5.32 Å². The zero-order valence-electron chi connectivity index (χ0n) is 23.2. The molecule has 0 aliphatic carbocycles. The summed E-state index contributed by atoms with van der Waals surface area (Å²) in [4.78, 5) is 38.1. The molecule has 8 nitrogen and oxygen atoms in total. The number of fused-ring (bicyclic) bond motifs is 1. The number of carbonyl (C=O) groups excluding carboxylic acids is 2. The SMILES string of the molecule is CC(C)COc1cc(C(=O)N[C@@H](Cc2ccc3ccccc3c2)C(=O)O)ccc1NC(=O)[C@@H](N)Cc1ccccc1. The van der Waals surface area contributed by atoms with Crippen molar-refractivity contribution in [3.05, 3.63) is 108 Å². The summed E-state index contributed by atoms with van der Waals surface area (Å²) in [5.74, 6) is -1.60. The maximum Gasteiger partial charge on any atom is 0.326 e. The van der Waals surface area contributed by atoms with Gasteiger partial charge in [0.05, 0.1) is 18.3 Å². The Hall–Kier alpha value is -4.69. The van der Waals surface area contributed by atoms with Gasteiger partial charge in [-0.15, -0.1) is 0 Å². The van der Waals surface area contributed by atoms with E-state index in [-0.39, 0.29) is 23.8 Å². The van der Waals surface area contributed by atoms with E-state index in [2.05, 4.69) is 10.6 Å². The topological polar surface area (TPSA) is 131 Å². The number of nitrogens with one attached hydrogen (secondary N) is 2. The number of rotatable bonds is 12. The summed E-state index contributed by atoms with van der Waals surface area (Å²) < 4.78 is 5.93. The molecule has 212 valence electrons. The highest BCUT2D eigenvalue weighted by Gasteiger charge is 2.23. The van der Waals surface area contributed by atoms with Crippen molar-refractivity contribution in [2.45, 2.75) is 38.8 Å². The molecule has 0 aromatic heterocycles. The molecule has 0 fully saturated rings. The maximum atomic E-state index is 13.2. The number of carboxylic acid groups (broad SMARTS) is 1. The summed E-state index contributed by atoms with van der Waals surface area (Å²) in [7, 11) is 0. The molecule has 5 N–H and O–H groups in total. The number of nitrogens with two attached hydrogens (primary N) is 1. The van der Waals surface area contributed by atoms with Crippen LogP contribution in [-0.2, 0) is 22.4 Å². The molecule has 8 heteroatoms. The van der Waals surface area contributed by atoms with Crippen LogP contribution in [0.25, 0.3) is 10.8 Å². The van der Waals surface area contributed by atoms with Gasteiger partial charge < -0.3 is 26.2 Å². The second kappa shape index (κ2) is 13.6. The Bertz CT molecular complexity index is 1520. The van der Waals surface area contributed by atoms with E-state index in [1.807, 2.05) is 86.6 Å². The van der Waals surface area contributed by atoms with E-state index in [0.29, 0.717) is 24.5 Å². The Morgan fingerprint density at radius 3 is 2.24 bits per heavy atom. The Morgan fingerprint density at radius 2 is 1.54 bits per heavy atom. The zero-order chi connectivity index (χ0) is 29.4. The van der Waals surface area contributed by atoms with Gasteiger partial charge in [-0.05, 0) is 52.4 Å². The van der Waals surface area contributed by atoms with Crippen molar-refractivity contribution in [2.24, 2.45) is 11.7 Å². The first-order valence-corrected chi connectivity index (χ1v) is 13.6. The highest BCUT2D eigenvalue weighted by Crippen LogP contribution is 2.27. The molecular weight excluding hydrogens is 518 g/mol. The van der Waals surface area contributed by atoms with Gasteiger partial charge in [-0.25, -0.2) is 4.79 Å². The quantitative estimate of drug-likeness (QED) is 0.199. The Kier molecular flexibility index (Phi) is 9.71. The number of hydrogen-bond acceptors (Lipinski definition) is 5. The largest absolute Gasteiger partial charge is 0.491 e. The fourth-order valence-electron chi connectivity index (χ4n) is 4.37. The van der Waals surface area contributed by atoms with Gasteiger partial charge in [-0.3, -0.25) is 9.59 Å². The lowest BCUT2D eigenvalue weighted by molar-refractivity contribution is -0.139. The number of aliphatic carboxylic acids is 1. The van der Waals surface area contributed by atoms with Gasteiger partial charge in [0.25, 0.3) is 5.91 Å². The Morgan fingerprint density at radius 1 is 0.829 bits per heavy atom. The van der Waals surface area contributed by atoms with Gasteiger partial charge in [0.1, 0.15) is 11.8 Å². The van der Waals surface area contributed by atoms with Crippen molar-refractivity contribution < 1.29 is 24.2 Å². The molecule has 0 spiro atoms. The fourth-order valence-corrected chi connectivity index (χ4v) is 4.37. The molecule has 0 bridgehead atoms. The van der Waals surface area contributed by atoms with E-state index in [4.69, 9.17) is 10.5 Å². The first kappa shape index (κ1) is 29.3. The molecule has 2 amide bonds. The highest BCUT2D eigenvalue weighted by atomic mass is 16.5. The Balaban J connectivity index is 1.49. The lowest BCUT2D eigenvalue weighted by Gasteiger charge is -2.18. The molecule has 4 rings (SSSR count). The molecule has 0 saturated heterocycles. The van der Waals surface area contributed by atoms with Gasteiger partial charge in [-0.1, -0.05) is 86.6 Å². The van der Waals surface area contributed by atoms with Crippen molar-refractivity contribution in [1.29, 1.82) is 0 Å². The zero-order valence-corrected chi connectivity index (χ0v) is 23.2. The van der Waals surface area contributed by atoms with E-state index in [1.165, 1.54) is 12.1 Å². The number of anilines is 1. The third-order valence-corrected chi connectivity index (χ3v) is 6.57. The summed E-state index contributed by atoms with van der Waals surface area (Å²) in [5, 5.41) is 17.3. The number of ether oxygens (including phenoxy) is 1. The average molecular weight is 554 g/mol. The van der Waals surface area contributed by atoms with E-state index in [0.717, 1.165) is 21.9 Å². The van der Waals surface area contributed by atoms with Gasteiger partial charge >= 0.3 is 5.97 Å². The second-order valence-corrected chi connectivity index (χ2v) is 10.5. The van der Waals surface area contributed by atoms with Crippen molar-refractivity contribution >= 4 is 34.2 Å². The van der Waals surface area contributed by atoms with Crippen LogP contribution in [0, 0.1) is 5.92 Å².